The van der Waals surface area contributed by atoms with Gasteiger partial charge in [0.1, 0.15) is 0 Å². The lowest BCUT2D eigenvalue weighted by atomic mass is 10.1. The molecule has 1 heterocycles. The maximum Gasteiger partial charge on any atom is 0.240 e. The van der Waals surface area contributed by atoms with Crippen LogP contribution in [0.5, 0.6) is 0 Å². The molecule has 0 aromatic heterocycles. The summed E-state index contributed by atoms with van der Waals surface area (Å²) < 4.78 is 0.122. The first-order valence-electron chi connectivity index (χ1n) is 6.38. The summed E-state index contributed by atoms with van der Waals surface area (Å²) in [6.45, 7) is 11.6. The molecule has 0 saturated carbocycles. The van der Waals surface area contributed by atoms with Crippen LogP contribution >= 0.6 is 11.8 Å². The van der Waals surface area contributed by atoms with E-state index in [1.54, 1.807) is 0 Å². The molecule has 100 valence electrons. The summed E-state index contributed by atoms with van der Waals surface area (Å²) in [5, 5.41) is 3.40. The molecule has 0 aromatic rings. The number of hydrogen-bond acceptors (Lipinski definition) is 3. The monoisotopic (exact) mass is 258 g/mol. The van der Waals surface area contributed by atoms with Gasteiger partial charge in [-0.3, -0.25) is 10.1 Å². The van der Waals surface area contributed by atoms with Gasteiger partial charge < -0.3 is 4.90 Å². The normalized spacial score (nSPS) is 26.1. The fourth-order valence-electron chi connectivity index (χ4n) is 2.16. The summed E-state index contributed by atoms with van der Waals surface area (Å²) in [7, 11) is 0. The van der Waals surface area contributed by atoms with E-state index in [-0.39, 0.29) is 22.9 Å². The van der Waals surface area contributed by atoms with Crippen molar-refractivity contribution in [1.29, 1.82) is 0 Å². The third-order valence-electron chi connectivity index (χ3n) is 3.27. The van der Waals surface area contributed by atoms with E-state index in [1.165, 1.54) is 0 Å². The second-order valence-electron chi connectivity index (χ2n) is 5.96. The summed E-state index contributed by atoms with van der Waals surface area (Å²) in [4.78, 5) is 14.2. The van der Waals surface area contributed by atoms with E-state index in [4.69, 9.17) is 0 Å². The van der Waals surface area contributed by atoms with Gasteiger partial charge in [0.05, 0.1) is 12.2 Å². The van der Waals surface area contributed by atoms with E-state index in [1.807, 2.05) is 23.6 Å². The van der Waals surface area contributed by atoms with Crippen LogP contribution in [-0.2, 0) is 4.79 Å². The Kier molecular flexibility index (Phi) is 4.90. The third kappa shape index (κ3) is 3.88. The molecular formula is C13H26N2OS. The predicted octanol–water partition coefficient (Wildman–Crippen LogP) is 2.32. The van der Waals surface area contributed by atoms with Crippen LogP contribution in [-0.4, -0.2) is 40.6 Å². The Morgan fingerprint density at radius 3 is 2.53 bits per heavy atom. The van der Waals surface area contributed by atoms with Crippen LogP contribution in [0.1, 0.15) is 41.0 Å². The van der Waals surface area contributed by atoms with Crippen molar-refractivity contribution >= 4 is 17.7 Å². The molecule has 4 heteroatoms. The number of carbonyl (C=O) groups excluding carboxylic acids is 1. The molecule has 1 saturated heterocycles. The molecule has 3 nitrogen and oxygen atoms in total. The van der Waals surface area contributed by atoms with Gasteiger partial charge in [0, 0.05) is 11.3 Å². The summed E-state index contributed by atoms with van der Waals surface area (Å²) in [6.07, 6.45) is 3.35. The van der Waals surface area contributed by atoms with Crippen LogP contribution in [0.2, 0.25) is 0 Å². The quantitative estimate of drug-likeness (QED) is 0.821. The molecule has 0 radical (unpaired) electrons. The van der Waals surface area contributed by atoms with Crippen molar-refractivity contribution in [2.45, 2.75) is 58.0 Å². The Bertz CT molecular complexity index is 279. The molecule has 2 atom stereocenters. The average Bonchev–Trinajstić information content (AvgIpc) is 2.45. The van der Waals surface area contributed by atoms with Gasteiger partial charge in [-0.2, -0.15) is 11.8 Å². The molecule has 0 bridgehead atoms. The maximum absolute atomic E-state index is 12.1. The number of rotatable bonds is 5. The number of hydrogen-bond donors (Lipinski definition) is 1. The van der Waals surface area contributed by atoms with Gasteiger partial charge in [-0.15, -0.1) is 0 Å². The number of nitrogens with zero attached hydrogens (tertiary/aromatic N) is 1. The topological polar surface area (TPSA) is 32.3 Å². The highest BCUT2D eigenvalue weighted by atomic mass is 32.2. The summed E-state index contributed by atoms with van der Waals surface area (Å²) in [6, 6.07) is -0.0311. The van der Waals surface area contributed by atoms with Gasteiger partial charge in [-0.25, -0.2) is 0 Å². The van der Waals surface area contributed by atoms with Crippen LogP contribution in [0.4, 0.5) is 0 Å². The zero-order valence-corrected chi connectivity index (χ0v) is 12.7. The van der Waals surface area contributed by atoms with E-state index >= 15 is 0 Å². The molecule has 1 rings (SSSR count). The molecule has 0 aliphatic carbocycles. The third-order valence-corrected chi connectivity index (χ3v) is 4.50. The molecule has 1 fully saturated rings. The van der Waals surface area contributed by atoms with E-state index in [0.717, 1.165) is 13.0 Å². The first-order chi connectivity index (χ1) is 7.76. The smallest absolute Gasteiger partial charge is 0.240 e. The second-order valence-corrected chi connectivity index (χ2v) is 7.48. The maximum atomic E-state index is 12.1. The lowest BCUT2D eigenvalue weighted by Crippen LogP contribution is -2.44. The van der Waals surface area contributed by atoms with Gasteiger partial charge in [-0.1, -0.05) is 13.8 Å². The Morgan fingerprint density at radius 2 is 2.06 bits per heavy atom. The Morgan fingerprint density at radius 1 is 1.47 bits per heavy atom. The highest BCUT2D eigenvalue weighted by Gasteiger charge is 2.38. The van der Waals surface area contributed by atoms with E-state index in [9.17, 15) is 4.79 Å². The van der Waals surface area contributed by atoms with Crippen LogP contribution in [0, 0.1) is 5.92 Å². The minimum Gasteiger partial charge on any atom is -0.324 e. The van der Waals surface area contributed by atoms with Gasteiger partial charge in [0.25, 0.3) is 0 Å². The fourth-order valence-corrected chi connectivity index (χ4v) is 2.43. The lowest BCUT2D eigenvalue weighted by molar-refractivity contribution is -0.130. The fraction of sp³-hybridized carbons (Fsp3) is 0.923. The number of thioether (sulfide) groups is 1. The van der Waals surface area contributed by atoms with Crippen LogP contribution < -0.4 is 5.32 Å². The van der Waals surface area contributed by atoms with Crippen molar-refractivity contribution in [3.05, 3.63) is 0 Å². The number of amides is 1. The van der Waals surface area contributed by atoms with Crippen LogP contribution in [0.15, 0.2) is 0 Å². The van der Waals surface area contributed by atoms with E-state index in [0.29, 0.717) is 5.92 Å². The van der Waals surface area contributed by atoms with E-state index in [2.05, 4.69) is 39.3 Å². The largest absolute Gasteiger partial charge is 0.324 e. The Hall–Kier alpha value is -0.220. The zero-order valence-electron chi connectivity index (χ0n) is 11.9. The standard InChI is InChI=1S/C13H26N2OS/c1-9(2)7-11-14-10(3)12(16)15(11)8-13(4,5)17-6/h9-11,14H,7-8H2,1-6H3. The highest BCUT2D eigenvalue weighted by molar-refractivity contribution is 7.99. The van der Waals surface area contributed by atoms with Gasteiger partial charge in [0.15, 0.2) is 0 Å². The Balaban J connectivity index is 2.74. The van der Waals surface area contributed by atoms with Gasteiger partial charge >= 0.3 is 0 Å². The second kappa shape index (κ2) is 5.61. The summed E-state index contributed by atoms with van der Waals surface area (Å²) in [5.41, 5.74) is 0. The van der Waals surface area contributed by atoms with Crippen molar-refractivity contribution in [1.82, 2.24) is 10.2 Å². The zero-order chi connectivity index (χ0) is 13.2. The van der Waals surface area contributed by atoms with Gasteiger partial charge in [-0.05, 0) is 39.4 Å². The summed E-state index contributed by atoms with van der Waals surface area (Å²) in [5.74, 6) is 0.850. The SMILES string of the molecule is CSC(C)(C)CN1C(=O)C(C)NC1CC(C)C. The molecule has 1 aliphatic rings. The van der Waals surface area contributed by atoms with Crippen molar-refractivity contribution in [2.75, 3.05) is 12.8 Å². The van der Waals surface area contributed by atoms with Crippen molar-refractivity contribution in [3.63, 3.8) is 0 Å². The molecule has 1 amide bonds. The molecule has 1 N–H and O–H groups in total. The lowest BCUT2D eigenvalue weighted by Gasteiger charge is -2.33. The number of carbonyl (C=O) groups is 1. The molecule has 2 unspecified atom stereocenters. The van der Waals surface area contributed by atoms with Crippen molar-refractivity contribution < 1.29 is 4.79 Å². The highest BCUT2D eigenvalue weighted by Crippen LogP contribution is 2.26. The summed E-state index contributed by atoms with van der Waals surface area (Å²) >= 11 is 1.82. The molecule has 1 aliphatic heterocycles. The molecule has 0 spiro atoms. The first-order valence-corrected chi connectivity index (χ1v) is 7.61. The molecule has 17 heavy (non-hydrogen) atoms. The minimum atomic E-state index is -0.0311. The van der Waals surface area contributed by atoms with E-state index < -0.39 is 0 Å². The number of nitrogens with one attached hydrogen (secondary N) is 1. The van der Waals surface area contributed by atoms with Crippen molar-refractivity contribution in [3.8, 4) is 0 Å². The van der Waals surface area contributed by atoms with Crippen molar-refractivity contribution in [2.24, 2.45) is 5.92 Å². The molecule has 0 aromatic carbocycles. The minimum absolute atomic E-state index is 0.0311. The molecular weight excluding hydrogens is 232 g/mol. The average molecular weight is 258 g/mol. The predicted molar refractivity (Wildman–Crippen MR) is 75.1 cm³/mol. The van der Waals surface area contributed by atoms with Crippen LogP contribution in [0.25, 0.3) is 0 Å². The van der Waals surface area contributed by atoms with Crippen LogP contribution in [0.3, 0.4) is 0 Å². The first kappa shape index (κ1) is 14.8. The van der Waals surface area contributed by atoms with Gasteiger partial charge in [0.2, 0.25) is 5.91 Å². The Labute approximate surface area is 110 Å².